The Morgan fingerprint density at radius 2 is 2.00 bits per heavy atom. The number of hydrogen-bond acceptors (Lipinski definition) is 4. The highest BCUT2D eigenvalue weighted by Gasteiger charge is 2.27. The lowest BCUT2D eigenvalue weighted by atomic mass is 10.1. The Morgan fingerprint density at radius 1 is 1.16 bits per heavy atom. The lowest BCUT2D eigenvalue weighted by molar-refractivity contribution is 0.584. The Bertz CT molecular complexity index is 426. The fraction of sp³-hybridized carbons (Fsp3) is 0.733. The molecule has 0 bridgehead atoms. The molecular weight excluding hydrogens is 236 g/mol. The lowest BCUT2D eigenvalue weighted by Crippen LogP contribution is -2.36. The molecule has 4 nitrogen and oxygen atoms in total. The first-order chi connectivity index (χ1) is 9.40. The number of nitrogens with two attached hydrogens (primary N) is 1. The van der Waals surface area contributed by atoms with E-state index in [9.17, 15) is 0 Å². The van der Waals surface area contributed by atoms with Crippen LogP contribution in [0.1, 0.15) is 49.8 Å². The summed E-state index contributed by atoms with van der Waals surface area (Å²) in [5.74, 6) is 1.21. The average molecular weight is 260 g/mol. The van der Waals surface area contributed by atoms with E-state index in [1.165, 1.54) is 49.2 Å². The van der Waals surface area contributed by atoms with Crippen LogP contribution in [0.4, 0.5) is 5.82 Å². The monoisotopic (exact) mass is 260 g/mol. The first kappa shape index (κ1) is 12.9. The molecule has 0 atom stereocenters. The minimum absolute atomic E-state index is 0.672. The molecule has 1 saturated carbocycles. The smallest absolute Gasteiger partial charge is 0.135 e. The van der Waals surface area contributed by atoms with Crippen LogP contribution in [0.15, 0.2) is 6.33 Å². The molecule has 0 aromatic carbocycles. The Hall–Kier alpha value is -1.16. The SMILES string of the molecule is NCCCN(c1ncnc2c1CCC2)C1CCCC1. The number of aromatic nitrogens is 2. The molecule has 0 amide bonds. The van der Waals surface area contributed by atoms with Crippen LogP contribution in [0.2, 0.25) is 0 Å². The molecule has 0 spiro atoms. The van der Waals surface area contributed by atoms with Crippen molar-refractivity contribution in [2.75, 3.05) is 18.0 Å². The van der Waals surface area contributed by atoms with E-state index in [1.54, 1.807) is 6.33 Å². The molecule has 1 heterocycles. The van der Waals surface area contributed by atoms with Crippen molar-refractivity contribution < 1.29 is 0 Å². The molecule has 0 unspecified atom stereocenters. The zero-order valence-electron chi connectivity index (χ0n) is 11.6. The van der Waals surface area contributed by atoms with Gasteiger partial charge >= 0.3 is 0 Å². The van der Waals surface area contributed by atoms with E-state index in [0.29, 0.717) is 6.04 Å². The normalized spacial score (nSPS) is 18.8. The van der Waals surface area contributed by atoms with E-state index in [2.05, 4.69) is 14.9 Å². The van der Waals surface area contributed by atoms with Crippen molar-refractivity contribution in [1.29, 1.82) is 0 Å². The van der Waals surface area contributed by atoms with Gasteiger partial charge in [-0.1, -0.05) is 12.8 Å². The van der Waals surface area contributed by atoms with Crippen molar-refractivity contribution in [3.63, 3.8) is 0 Å². The van der Waals surface area contributed by atoms with E-state index in [-0.39, 0.29) is 0 Å². The van der Waals surface area contributed by atoms with Crippen molar-refractivity contribution in [3.05, 3.63) is 17.6 Å². The molecule has 1 aromatic heterocycles. The maximum absolute atomic E-state index is 5.71. The number of fused-ring (bicyclic) bond motifs is 1. The van der Waals surface area contributed by atoms with Gasteiger partial charge in [0.15, 0.2) is 0 Å². The summed E-state index contributed by atoms with van der Waals surface area (Å²) in [7, 11) is 0. The minimum Gasteiger partial charge on any atom is -0.353 e. The zero-order valence-corrected chi connectivity index (χ0v) is 11.6. The number of rotatable bonds is 5. The van der Waals surface area contributed by atoms with Crippen molar-refractivity contribution in [2.45, 2.75) is 57.4 Å². The van der Waals surface area contributed by atoms with E-state index in [1.807, 2.05) is 0 Å². The molecule has 2 aliphatic rings. The van der Waals surface area contributed by atoms with Crippen LogP contribution >= 0.6 is 0 Å². The van der Waals surface area contributed by atoms with Crippen LogP contribution in [0, 0.1) is 0 Å². The third-order valence-corrected chi connectivity index (χ3v) is 4.49. The van der Waals surface area contributed by atoms with Gasteiger partial charge in [-0.2, -0.15) is 0 Å². The molecule has 0 saturated heterocycles. The predicted molar refractivity (Wildman–Crippen MR) is 77.3 cm³/mol. The summed E-state index contributed by atoms with van der Waals surface area (Å²) >= 11 is 0. The van der Waals surface area contributed by atoms with E-state index in [0.717, 1.165) is 32.4 Å². The Morgan fingerprint density at radius 3 is 2.79 bits per heavy atom. The minimum atomic E-state index is 0.672. The van der Waals surface area contributed by atoms with Gasteiger partial charge in [-0.25, -0.2) is 9.97 Å². The van der Waals surface area contributed by atoms with Gasteiger partial charge in [0.2, 0.25) is 0 Å². The summed E-state index contributed by atoms with van der Waals surface area (Å²) in [6, 6.07) is 0.672. The van der Waals surface area contributed by atoms with E-state index >= 15 is 0 Å². The molecule has 2 aliphatic carbocycles. The molecule has 19 heavy (non-hydrogen) atoms. The van der Waals surface area contributed by atoms with Gasteiger partial charge in [0.25, 0.3) is 0 Å². The van der Waals surface area contributed by atoms with Crippen LogP contribution in [-0.4, -0.2) is 29.1 Å². The molecular formula is C15H24N4. The van der Waals surface area contributed by atoms with Gasteiger partial charge in [-0.05, 0) is 45.1 Å². The van der Waals surface area contributed by atoms with Gasteiger partial charge in [0.1, 0.15) is 12.1 Å². The Labute approximate surface area is 115 Å². The van der Waals surface area contributed by atoms with Crippen LogP contribution in [-0.2, 0) is 12.8 Å². The number of hydrogen-bond donors (Lipinski definition) is 1. The summed E-state index contributed by atoms with van der Waals surface area (Å²) in [6.07, 6.45) is 11.6. The highest BCUT2D eigenvalue weighted by atomic mass is 15.2. The first-order valence-corrected chi connectivity index (χ1v) is 7.69. The molecule has 4 heteroatoms. The number of nitrogens with zero attached hydrogens (tertiary/aromatic N) is 3. The maximum atomic E-state index is 5.71. The highest BCUT2D eigenvalue weighted by molar-refractivity contribution is 5.51. The second-order valence-electron chi connectivity index (χ2n) is 5.75. The Balaban J connectivity index is 1.88. The summed E-state index contributed by atoms with van der Waals surface area (Å²) in [4.78, 5) is 11.6. The number of aryl methyl sites for hydroxylation is 1. The quantitative estimate of drug-likeness (QED) is 0.880. The molecule has 1 aromatic rings. The molecule has 2 N–H and O–H groups in total. The predicted octanol–water partition coefficient (Wildman–Crippen LogP) is 2.06. The van der Waals surface area contributed by atoms with Crippen molar-refractivity contribution >= 4 is 5.82 Å². The van der Waals surface area contributed by atoms with Gasteiger partial charge < -0.3 is 10.6 Å². The van der Waals surface area contributed by atoms with Gasteiger partial charge in [0, 0.05) is 23.8 Å². The van der Waals surface area contributed by atoms with E-state index in [4.69, 9.17) is 5.73 Å². The molecule has 3 rings (SSSR count). The average Bonchev–Trinajstić information content (AvgIpc) is 3.10. The topological polar surface area (TPSA) is 55.0 Å². The van der Waals surface area contributed by atoms with Crippen molar-refractivity contribution in [1.82, 2.24) is 9.97 Å². The molecule has 1 fully saturated rings. The molecule has 0 aliphatic heterocycles. The zero-order chi connectivity index (χ0) is 13.1. The summed E-state index contributed by atoms with van der Waals surface area (Å²) in [5.41, 5.74) is 8.39. The first-order valence-electron chi connectivity index (χ1n) is 7.69. The largest absolute Gasteiger partial charge is 0.353 e. The van der Waals surface area contributed by atoms with Crippen LogP contribution in [0.3, 0.4) is 0 Å². The third kappa shape index (κ3) is 2.59. The molecule has 104 valence electrons. The molecule has 0 radical (unpaired) electrons. The standard InChI is InChI=1S/C15H24N4/c16-9-4-10-19(12-5-1-2-6-12)15-13-7-3-8-14(13)17-11-18-15/h11-12H,1-10,16H2. The Kier molecular flexibility index (Phi) is 3.97. The van der Waals surface area contributed by atoms with E-state index < -0.39 is 0 Å². The fourth-order valence-corrected chi connectivity index (χ4v) is 3.53. The van der Waals surface area contributed by atoms with Crippen molar-refractivity contribution in [3.8, 4) is 0 Å². The highest BCUT2D eigenvalue weighted by Crippen LogP contribution is 2.33. The van der Waals surface area contributed by atoms with Crippen LogP contribution < -0.4 is 10.6 Å². The number of anilines is 1. The third-order valence-electron chi connectivity index (χ3n) is 4.49. The van der Waals surface area contributed by atoms with Crippen molar-refractivity contribution in [2.24, 2.45) is 5.73 Å². The fourth-order valence-electron chi connectivity index (χ4n) is 3.53. The maximum Gasteiger partial charge on any atom is 0.135 e. The second-order valence-corrected chi connectivity index (χ2v) is 5.75. The lowest BCUT2D eigenvalue weighted by Gasteiger charge is -2.31. The summed E-state index contributed by atoms with van der Waals surface area (Å²) < 4.78 is 0. The van der Waals surface area contributed by atoms with Gasteiger partial charge in [-0.15, -0.1) is 0 Å². The summed E-state index contributed by atoms with van der Waals surface area (Å²) in [5, 5.41) is 0. The second kappa shape index (κ2) is 5.87. The van der Waals surface area contributed by atoms with Crippen LogP contribution in [0.25, 0.3) is 0 Å². The summed E-state index contributed by atoms with van der Waals surface area (Å²) in [6.45, 7) is 1.81. The van der Waals surface area contributed by atoms with Gasteiger partial charge in [-0.3, -0.25) is 0 Å². The van der Waals surface area contributed by atoms with Gasteiger partial charge in [0.05, 0.1) is 0 Å². The van der Waals surface area contributed by atoms with Crippen LogP contribution in [0.5, 0.6) is 0 Å².